The molecule has 0 saturated heterocycles. The highest BCUT2D eigenvalue weighted by Crippen LogP contribution is 2.49. The van der Waals surface area contributed by atoms with Crippen LogP contribution in [0.3, 0.4) is 0 Å². The molecule has 3 rings (SSSR count). The molecule has 0 N–H and O–H groups in total. The van der Waals surface area contributed by atoms with Crippen molar-refractivity contribution >= 4 is 11.6 Å². The van der Waals surface area contributed by atoms with Gasteiger partial charge in [-0.3, -0.25) is 4.68 Å². The average Bonchev–Trinajstić information content (AvgIpc) is 3.11. The summed E-state index contributed by atoms with van der Waals surface area (Å²) in [7, 11) is 0. The maximum atomic E-state index is 6.41. The predicted octanol–water partition coefficient (Wildman–Crippen LogP) is 4.74. The summed E-state index contributed by atoms with van der Waals surface area (Å²) in [6, 6.07) is 0. The number of hydrogen-bond donors (Lipinski definition) is 0. The van der Waals surface area contributed by atoms with Crippen LogP contribution in [0.4, 0.5) is 0 Å². The minimum atomic E-state index is 0.0775. The molecule has 2 bridgehead atoms. The summed E-state index contributed by atoms with van der Waals surface area (Å²) in [5, 5.41) is 4.98. The minimum absolute atomic E-state index is 0.0775. The largest absolute Gasteiger partial charge is 0.269 e. The lowest BCUT2D eigenvalue weighted by molar-refractivity contribution is 0.282. The van der Waals surface area contributed by atoms with Gasteiger partial charge in [-0.05, 0) is 56.8 Å². The van der Waals surface area contributed by atoms with Crippen LogP contribution in [0.1, 0.15) is 68.8 Å². The predicted molar refractivity (Wildman–Crippen MR) is 84.2 cm³/mol. The van der Waals surface area contributed by atoms with Crippen LogP contribution in [-0.4, -0.2) is 9.78 Å². The van der Waals surface area contributed by atoms with Gasteiger partial charge in [-0.2, -0.15) is 5.10 Å². The van der Waals surface area contributed by atoms with Crippen molar-refractivity contribution in [2.24, 2.45) is 17.8 Å². The second-order valence-electron chi connectivity index (χ2n) is 6.75. The van der Waals surface area contributed by atoms with Crippen LogP contribution in [0.5, 0.6) is 0 Å². The van der Waals surface area contributed by atoms with Crippen molar-refractivity contribution in [2.75, 3.05) is 0 Å². The van der Waals surface area contributed by atoms with E-state index in [9.17, 15) is 0 Å². The summed E-state index contributed by atoms with van der Waals surface area (Å²) in [6.45, 7) is 7.63. The van der Waals surface area contributed by atoms with Gasteiger partial charge < -0.3 is 0 Å². The molecule has 20 heavy (non-hydrogen) atoms. The Hall–Kier alpha value is -0.500. The number of halogens is 1. The second-order valence-corrected chi connectivity index (χ2v) is 7.40. The number of rotatable bonds is 5. The molecule has 2 fully saturated rings. The fraction of sp³-hybridized carbons (Fsp3) is 0.824. The average molecular weight is 295 g/mol. The molecule has 0 aliphatic heterocycles. The van der Waals surface area contributed by atoms with Crippen molar-refractivity contribution in [3.8, 4) is 0 Å². The summed E-state index contributed by atoms with van der Waals surface area (Å²) in [4.78, 5) is 0. The Balaban J connectivity index is 1.85. The summed E-state index contributed by atoms with van der Waals surface area (Å²) in [5.74, 6) is 2.85. The molecule has 112 valence electrons. The van der Waals surface area contributed by atoms with Crippen LogP contribution in [0.15, 0.2) is 0 Å². The lowest BCUT2D eigenvalue weighted by Crippen LogP contribution is -2.19. The van der Waals surface area contributed by atoms with E-state index in [2.05, 4.69) is 25.5 Å². The van der Waals surface area contributed by atoms with E-state index in [1.165, 1.54) is 42.6 Å². The quantitative estimate of drug-likeness (QED) is 0.717. The SMILES string of the molecule is CCc1nn(CC2CC3CCC2C3)c(CC)c1C(C)Cl. The van der Waals surface area contributed by atoms with Crippen LogP contribution < -0.4 is 0 Å². The molecule has 1 aromatic rings. The highest BCUT2D eigenvalue weighted by Gasteiger charge is 2.39. The van der Waals surface area contributed by atoms with E-state index >= 15 is 0 Å². The molecule has 2 aliphatic rings. The molecule has 2 aliphatic carbocycles. The first-order valence-corrected chi connectivity index (χ1v) is 8.80. The molecule has 1 heterocycles. The lowest BCUT2D eigenvalue weighted by atomic mass is 9.89. The molecule has 0 aromatic carbocycles. The fourth-order valence-corrected chi connectivity index (χ4v) is 4.88. The van der Waals surface area contributed by atoms with Gasteiger partial charge in [-0.25, -0.2) is 0 Å². The third-order valence-electron chi connectivity index (χ3n) is 5.53. The van der Waals surface area contributed by atoms with Crippen LogP contribution in [-0.2, 0) is 19.4 Å². The van der Waals surface area contributed by atoms with Gasteiger partial charge in [0.25, 0.3) is 0 Å². The van der Waals surface area contributed by atoms with E-state index < -0.39 is 0 Å². The first-order valence-electron chi connectivity index (χ1n) is 8.36. The van der Waals surface area contributed by atoms with Crippen molar-refractivity contribution in [1.29, 1.82) is 0 Å². The Morgan fingerprint density at radius 3 is 2.55 bits per heavy atom. The van der Waals surface area contributed by atoms with Crippen LogP contribution in [0, 0.1) is 17.8 Å². The minimum Gasteiger partial charge on any atom is -0.269 e. The summed E-state index contributed by atoms with van der Waals surface area (Å²) in [6.07, 6.45) is 7.87. The van der Waals surface area contributed by atoms with Gasteiger partial charge in [0, 0.05) is 17.8 Å². The van der Waals surface area contributed by atoms with Gasteiger partial charge in [-0.15, -0.1) is 11.6 Å². The molecule has 3 heteroatoms. The van der Waals surface area contributed by atoms with E-state index in [1.54, 1.807) is 0 Å². The Kier molecular flexibility index (Phi) is 4.12. The number of fused-ring (bicyclic) bond motifs is 2. The summed E-state index contributed by atoms with van der Waals surface area (Å²) < 4.78 is 2.30. The number of aryl methyl sites for hydroxylation is 1. The molecular weight excluding hydrogens is 268 g/mol. The molecular formula is C17H27ClN2. The third kappa shape index (κ3) is 2.41. The van der Waals surface area contributed by atoms with Gasteiger partial charge in [0.05, 0.1) is 11.1 Å². The first kappa shape index (κ1) is 14.4. The molecule has 4 atom stereocenters. The number of hydrogen-bond acceptors (Lipinski definition) is 1. The standard InChI is InChI=1S/C17H27ClN2/c1-4-15-17(11(3)18)16(5-2)20(19-15)10-14-9-12-6-7-13(14)8-12/h11-14H,4-10H2,1-3H3. The Bertz CT molecular complexity index is 478. The molecule has 2 nitrogen and oxygen atoms in total. The Morgan fingerprint density at radius 1 is 1.25 bits per heavy atom. The molecule has 1 aromatic heterocycles. The van der Waals surface area contributed by atoms with Gasteiger partial charge in [0.1, 0.15) is 0 Å². The molecule has 0 radical (unpaired) electrons. The second kappa shape index (κ2) is 5.71. The van der Waals surface area contributed by atoms with Crippen molar-refractivity contribution in [2.45, 2.75) is 71.2 Å². The zero-order valence-electron chi connectivity index (χ0n) is 13.0. The smallest absolute Gasteiger partial charge is 0.0671 e. The Labute approximate surface area is 127 Å². The van der Waals surface area contributed by atoms with E-state index in [0.717, 1.165) is 37.1 Å². The van der Waals surface area contributed by atoms with Gasteiger partial charge in [-0.1, -0.05) is 20.3 Å². The van der Waals surface area contributed by atoms with Crippen molar-refractivity contribution in [1.82, 2.24) is 9.78 Å². The van der Waals surface area contributed by atoms with Gasteiger partial charge in [0.15, 0.2) is 0 Å². The fourth-order valence-electron chi connectivity index (χ4n) is 4.63. The zero-order valence-corrected chi connectivity index (χ0v) is 13.8. The maximum absolute atomic E-state index is 6.41. The summed E-state index contributed by atoms with van der Waals surface area (Å²) >= 11 is 6.41. The normalized spacial score (nSPS) is 30.1. The molecule has 4 unspecified atom stereocenters. The van der Waals surface area contributed by atoms with Crippen molar-refractivity contribution in [3.63, 3.8) is 0 Å². The topological polar surface area (TPSA) is 17.8 Å². The van der Waals surface area contributed by atoms with Crippen LogP contribution in [0.25, 0.3) is 0 Å². The van der Waals surface area contributed by atoms with E-state index in [1.807, 2.05) is 0 Å². The monoisotopic (exact) mass is 294 g/mol. The maximum Gasteiger partial charge on any atom is 0.0671 e. The highest BCUT2D eigenvalue weighted by atomic mass is 35.5. The number of aromatic nitrogens is 2. The first-order chi connectivity index (χ1) is 9.63. The molecule has 0 amide bonds. The van der Waals surface area contributed by atoms with Crippen molar-refractivity contribution < 1.29 is 0 Å². The number of nitrogens with zero attached hydrogens (tertiary/aromatic N) is 2. The Morgan fingerprint density at radius 2 is 2.05 bits per heavy atom. The van der Waals surface area contributed by atoms with E-state index in [4.69, 9.17) is 16.7 Å². The van der Waals surface area contributed by atoms with Crippen LogP contribution in [0.2, 0.25) is 0 Å². The van der Waals surface area contributed by atoms with Crippen LogP contribution >= 0.6 is 11.6 Å². The number of alkyl halides is 1. The van der Waals surface area contributed by atoms with Gasteiger partial charge >= 0.3 is 0 Å². The summed E-state index contributed by atoms with van der Waals surface area (Å²) in [5.41, 5.74) is 3.90. The van der Waals surface area contributed by atoms with E-state index in [0.29, 0.717) is 0 Å². The molecule has 0 spiro atoms. The van der Waals surface area contributed by atoms with E-state index in [-0.39, 0.29) is 5.38 Å². The highest BCUT2D eigenvalue weighted by molar-refractivity contribution is 6.20. The molecule has 2 saturated carbocycles. The lowest BCUT2D eigenvalue weighted by Gasteiger charge is -2.22. The zero-order chi connectivity index (χ0) is 14.3. The van der Waals surface area contributed by atoms with Crippen molar-refractivity contribution in [3.05, 3.63) is 17.0 Å². The third-order valence-corrected chi connectivity index (χ3v) is 5.75. The van der Waals surface area contributed by atoms with Gasteiger partial charge in [0.2, 0.25) is 0 Å².